The summed E-state index contributed by atoms with van der Waals surface area (Å²) >= 11 is 0. The number of amides is 1. The van der Waals surface area contributed by atoms with Crippen molar-refractivity contribution >= 4 is 17.3 Å². The van der Waals surface area contributed by atoms with Crippen LogP contribution in [0.1, 0.15) is 85.0 Å². The Morgan fingerprint density at radius 3 is 1.83 bits per heavy atom. The number of carbonyl (C=O) groups is 1. The largest absolute Gasteiger partial charge is 0.493 e. The highest BCUT2D eigenvalue weighted by Crippen LogP contribution is 2.40. The molecule has 0 radical (unpaired) electrons. The maximum atomic E-state index is 11.9. The number of ether oxygens (including phenoxy) is 2. The minimum Gasteiger partial charge on any atom is -0.493 e. The van der Waals surface area contributed by atoms with Gasteiger partial charge >= 0.3 is 0 Å². The Hall–Kier alpha value is -2.69. The Bertz CT molecular complexity index is 878. The molecule has 0 spiro atoms. The van der Waals surface area contributed by atoms with E-state index in [0.29, 0.717) is 24.7 Å². The fourth-order valence-corrected chi connectivity index (χ4v) is 4.03. The second kappa shape index (κ2) is 16.1. The molecular weight excluding hydrogens is 436 g/mol. The quantitative estimate of drug-likeness (QED) is 0.232. The van der Waals surface area contributed by atoms with E-state index in [9.17, 15) is 4.79 Å². The summed E-state index contributed by atoms with van der Waals surface area (Å²) < 4.78 is 12.5. The number of hydrogen-bond acceptors (Lipinski definition) is 4. The first-order chi connectivity index (χ1) is 17.0. The molecule has 2 aromatic carbocycles. The molecule has 0 heterocycles. The smallest absolute Gasteiger partial charge is 0.221 e. The number of nitrogens with zero attached hydrogens (tertiary/aromatic N) is 1. The van der Waals surface area contributed by atoms with Crippen molar-refractivity contribution in [2.24, 2.45) is 0 Å². The zero-order valence-electron chi connectivity index (χ0n) is 22.6. The lowest BCUT2D eigenvalue weighted by molar-refractivity contribution is -0.114. The number of carbonyl (C=O) groups excluding carboxylic acids is 1. The van der Waals surface area contributed by atoms with Gasteiger partial charge in [-0.15, -0.1) is 0 Å². The van der Waals surface area contributed by atoms with Gasteiger partial charge in [-0.05, 0) is 36.6 Å². The maximum Gasteiger partial charge on any atom is 0.221 e. The van der Waals surface area contributed by atoms with Gasteiger partial charge in [0.1, 0.15) is 11.5 Å². The SMILES string of the molecule is CCCCCCCOc1cc(-c2ccc(N(C)C)cc2)c(OCCCCCCC)cc1NC(C)=O. The molecule has 0 bridgehead atoms. The zero-order valence-corrected chi connectivity index (χ0v) is 22.6. The predicted octanol–water partition coefficient (Wildman–Crippen LogP) is 8.08. The van der Waals surface area contributed by atoms with Crippen LogP contribution < -0.4 is 19.7 Å². The van der Waals surface area contributed by atoms with Gasteiger partial charge in [0.2, 0.25) is 5.91 Å². The summed E-state index contributed by atoms with van der Waals surface area (Å²) in [6.45, 7) is 7.26. The average Bonchev–Trinajstić information content (AvgIpc) is 2.84. The van der Waals surface area contributed by atoms with Gasteiger partial charge in [0.25, 0.3) is 0 Å². The molecule has 0 unspecified atom stereocenters. The van der Waals surface area contributed by atoms with Crippen molar-refractivity contribution in [3.63, 3.8) is 0 Å². The average molecular weight is 483 g/mol. The van der Waals surface area contributed by atoms with E-state index in [-0.39, 0.29) is 5.91 Å². The van der Waals surface area contributed by atoms with E-state index >= 15 is 0 Å². The summed E-state index contributed by atoms with van der Waals surface area (Å²) in [4.78, 5) is 14.0. The van der Waals surface area contributed by atoms with Gasteiger partial charge < -0.3 is 19.7 Å². The Balaban J connectivity index is 2.28. The van der Waals surface area contributed by atoms with Crippen LogP contribution in [0, 0.1) is 0 Å². The van der Waals surface area contributed by atoms with E-state index in [0.717, 1.165) is 41.8 Å². The summed E-state index contributed by atoms with van der Waals surface area (Å²) in [5.41, 5.74) is 3.86. The molecule has 0 aromatic heterocycles. The van der Waals surface area contributed by atoms with Gasteiger partial charge in [0.05, 0.1) is 18.9 Å². The number of rotatable bonds is 17. The van der Waals surface area contributed by atoms with Gasteiger partial charge in [-0.1, -0.05) is 77.3 Å². The first kappa shape index (κ1) is 28.5. The van der Waals surface area contributed by atoms with Crippen molar-refractivity contribution in [2.75, 3.05) is 37.5 Å². The van der Waals surface area contributed by atoms with Crippen LogP contribution in [0.15, 0.2) is 36.4 Å². The summed E-state index contributed by atoms with van der Waals surface area (Å²) in [5, 5.41) is 2.95. The molecule has 5 heteroatoms. The number of benzene rings is 2. The van der Waals surface area contributed by atoms with Crippen LogP contribution >= 0.6 is 0 Å². The molecule has 1 amide bonds. The normalized spacial score (nSPS) is 10.8. The molecule has 0 saturated carbocycles. The van der Waals surface area contributed by atoms with E-state index in [1.807, 2.05) is 26.2 Å². The van der Waals surface area contributed by atoms with E-state index in [1.165, 1.54) is 51.9 Å². The molecule has 2 aromatic rings. The number of hydrogen-bond donors (Lipinski definition) is 1. The molecule has 194 valence electrons. The van der Waals surface area contributed by atoms with Gasteiger partial charge in [0, 0.05) is 38.3 Å². The van der Waals surface area contributed by atoms with Crippen molar-refractivity contribution in [1.82, 2.24) is 0 Å². The first-order valence-corrected chi connectivity index (χ1v) is 13.4. The second-order valence-corrected chi connectivity index (χ2v) is 9.49. The molecule has 0 saturated heterocycles. The number of anilines is 2. The van der Waals surface area contributed by atoms with Crippen molar-refractivity contribution in [3.05, 3.63) is 36.4 Å². The van der Waals surface area contributed by atoms with E-state index in [4.69, 9.17) is 9.47 Å². The topological polar surface area (TPSA) is 50.8 Å². The standard InChI is InChI=1S/C30H46N2O3/c1-6-8-10-12-14-20-34-29-23-28(31-24(3)33)30(35-21-15-13-11-9-7-2)22-27(29)25-16-18-26(19-17-25)32(4)5/h16-19,22-23H,6-15,20-21H2,1-5H3,(H,31,33). The monoisotopic (exact) mass is 482 g/mol. The Kier molecular flexibility index (Phi) is 13.1. The third-order valence-corrected chi connectivity index (χ3v) is 6.10. The van der Waals surface area contributed by atoms with Gasteiger partial charge in [-0.25, -0.2) is 0 Å². The highest BCUT2D eigenvalue weighted by Gasteiger charge is 2.15. The van der Waals surface area contributed by atoms with E-state index < -0.39 is 0 Å². The molecule has 1 N–H and O–H groups in total. The van der Waals surface area contributed by atoms with Crippen LogP contribution in [-0.2, 0) is 4.79 Å². The third kappa shape index (κ3) is 10.2. The molecule has 0 atom stereocenters. The summed E-state index contributed by atoms with van der Waals surface area (Å²) in [6.07, 6.45) is 11.8. The van der Waals surface area contributed by atoms with E-state index in [2.05, 4.69) is 48.3 Å². The van der Waals surface area contributed by atoms with Crippen LogP contribution in [0.5, 0.6) is 11.5 Å². The van der Waals surface area contributed by atoms with Gasteiger partial charge in [-0.3, -0.25) is 4.79 Å². The fraction of sp³-hybridized carbons (Fsp3) is 0.567. The first-order valence-electron chi connectivity index (χ1n) is 13.4. The summed E-state index contributed by atoms with van der Waals surface area (Å²) in [7, 11) is 4.08. The lowest BCUT2D eigenvalue weighted by atomic mass is 10.0. The molecule has 5 nitrogen and oxygen atoms in total. The molecular formula is C30H46N2O3. The van der Waals surface area contributed by atoms with Crippen LogP contribution in [0.4, 0.5) is 11.4 Å². The minimum atomic E-state index is -0.119. The Morgan fingerprint density at radius 2 is 1.31 bits per heavy atom. The van der Waals surface area contributed by atoms with Crippen LogP contribution in [0.25, 0.3) is 11.1 Å². The lowest BCUT2D eigenvalue weighted by Crippen LogP contribution is -2.10. The van der Waals surface area contributed by atoms with Crippen LogP contribution in [-0.4, -0.2) is 33.2 Å². The number of nitrogens with one attached hydrogen (secondary N) is 1. The molecule has 35 heavy (non-hydrogen) atoms. The maximum absolute atomic E-state index is 11.9. The van der Waals surface area contributed by atoms with Gasteiger partial charge in [-0.2, -0.15) is 0 Å². The Labute approximate surface area is 213 Å². The molecule has 0 aliphatic rings. The molecule has 0 aliphatic carbocycles. The van der Waals surface area contributed by atoms with Crippen molar-refractivity contribution in [1.29, 1.82) is 0 Å². The van der Waals surface area contributed by atoms with Crippen molar-refractivity contribution in [3.8, 4) is 22.6 Å². The third-order valence-electron chi connectivity index (χ3n) is 6.10. The Morgan fingerprint density at radius 1 is 0.771 bits per heavy atom. The molecule has 0 aliphatic heterocycles. The molecule has 2 rings (SSSR count). The highest BCUT2D eigenvalue weighted by atomic mass is 16.5. The molecule has 0 fully saturated rings. The zero-order chi connectivity index (χ0) is 25.5. The van der Waals surface area contributed by atoms with E-state index in [1.54, 1.807) is 0 Å². The lowest BCUT2D eigenvalue weighted by Gasteiger charge is -2.19. The predicted molar refractivity (Wildman–Crippen MR) is 149 cm³/mol. The summed E-state index contributed by atoms with van der Waals surface area (Å²) in [5.74, 6) is 1.35. The fourth-order valence-electron chi connectivity index (χ4n) is 4.03. The highest BCUT2D eigenvalue weighted by molar-refractivity contribution is 5.92. The minimum absolute atomic E-state index is 0.119. The second-order valence-electron chi connectivity index (χ2n) is 9.49. The summed E-state index contributed by atoms with van der Waals surface area (Å²) in [6, 6.07) is 12.4. The number of unbranched alkanes of at least 4 members (excludes halogenated alkanes) is 8. The van der Waals surface area contributed by atoms with Crippen molar-refractivity contribution < 1.29 is 14.3 Å². The van der Waals surface area contributed by atoms with Crippen LogP contribution in [0.3, 0.4) is 0 Å². The van der Waals surface area contributed by atoms with Crippen LogP contribution in [0.2, 0.25) is 0 Å². The van der Waals surface area contributed by atoms with Gasteiger partial charge in [0.15, 0.2) is 0 Å². The van der Waals surface area contributed by atoms with Crippen molar-refractivity contribution in [2.45, 2.75) is 85.0 Å².